The molecular weight excluding hydrogens is 242 g/mol. The molecule has 0 saturated carbocycles. The van der Waals surface area contributed by atoms with Crippen molar-refractivity contribution >= 4 is 23.0 Å². The molecule has 4 nitrogen and oxygen atoms in total. The summed E-state index contributed by atoms with van der Waals surface area (Å²) in [5, 5.41) is 3.29. The highest BCUT2D eigenvalue weighted by molar-refractivity contribution is 5.79. The van der Waals surface area contributed by atoms with Crippen LogP contribution in [0.2, 0.25) is 0 Å². The Balaban J connectivity index is 2.09. The number of hydrogen-bond acceptors (Lipinski definition) is 3. The molecule has 0 unspecified atom stereocenters. The van der Waals surface area contributed by atoms with E-state index in [1.165, 1.54) is 19.3 Å². The van der Waals surface area contributed by atoms with Gasteiger partial charge in [0.2, 0.25) is 5.91 Å². The van der Waals surface area contributed by atoms with Gasteiger partial charge in [0.05, 0.1) is 11.6 Å². The third-order valence-electron chi connectivity index (χ3n) is 2.68. The van der Waals surface area contributed by atoms with Crippen LogP contribution in [0.15, 0.2) is 45.8 Å². The fraction of sp³-hybridized carbons (Fsp3) is 0.200. The van der Waals surface area contributed by atoms with Crippen molar-refractivity contribution in [1.29, 1.82) is 0 Å². The van der Waals surface area contributed by atoms with E-state index in [0.29, 0.717) is 17.5 Å². The molecule has 0 aliphatic rings. The number of rotatable bonds is 4. The van der Waals surface area contributed by atoms with Crippen LogP contribution in [-0.2, 0) is 4.79 Å². The van der Waals surface area contributed by atoms with Crippen LogP contribution in [-0.4, -0.2) is 12.5 Å². The first-order chi connectivity index (χ1) is 9.16. The van der Waals surface area contributed by atoms with E-state index >= 15 is 0 Å². The summed E-state index contributed by atoms with van der Waals surface area (Å²) in [6.45, 7) is 2.11. The van der Waals surface area contributed by atoms with Crippen molar-refractivity contribution in [3.63, 3.8) is 0 Å². The Morgan fingerprint density at radius 1 is 1.37 bits per heavy atom. The first-order valence-electron chi connectivity index (χ1n) is 6.09. The zero-order valence-electron chi connectivity index (χ0n) is 10.7. The molecular formula is C15H15NO3. The Hall–Kier alpha value is -2.36. The van der Waals surface area contributed by atoms with E-state index in [1.807, 2.05) is 18.2 Å². The van der Waals surface area contributed by atoms with Gasteiger partial charge in [-0.2, -0.15) is 0 Å². The van der Waals surface area contributed by atoms with Gasteiger partial charge in [-0.25, -0.2) is 0 Å². The topological polar surface area (TPSA) is 59.3 Å². The molecule has 0 bridgehead atoms. The summed E-state index contributed by atoms with van der Waals surface area (Å²) in [5.74, 6) is -0.0308. The molecule has 0 aliphatic heterocycles. The number of hydrogen-bond donors (Lipinski definition) is 1. The summed E-state index contributed by atoms with van der Waals surface area (Å²) < 4.78 is 5.25. The molecule has 98 valence electrons. The molecule has 0 radical (unpaired) electrons. The Kier molecular flexibility index (Phi) is 4.13. The van der Waals surface area contributed by atoms with E-state index in [4.69, 9.17) is 4.42 Å². The minimum atomic E-state index is -0.0465. The lowest BCUT2D eigenvalue weighted by Crippen LogP contribution is -2.20. The van der Waals surface area contributed by atoms with Crippen LogP contribution < -0.4 is 10.7 Å². The quantitative estimate of drug-likeness (QED) is 0.855. The van der Waals surface area contributed by atoms with Crippen LogP contribution in [0.4, 0.5) is 0 Å². The first kappa shape index (κ1) is 13.1. The minimum Gasteiger partial charge on any atom is -0.464 e. The van der Waals surface area contributed by atoms with Crippen LogP contribution in [0.25, 0.3) is 17.0 Å². The van der Waals surface area contributed by atoms with Crippen molar-refractivity contribution < 1.29 is 9.21 Å². The lowest BCUT2D eigenvalue weighted by Gasteiger charge is -1.99. The molecule has 19 heavy (non-hydrogen) atoms. The third-order valence-corrected chi connectivity index (χ3v) is 2.68. The van der Waals surface area contributed by atoms with E-state index < -0.39 is 0 Å². The second-order valence-corrected chi connectivity index (χ2v) is 4.21. The molecule has 1 amide bonds. The van der Waals surface area contributed by atoms with Gasteiger partial charge < -0.3 is 9.73 Å². The summed E-state index contributed by atoms with van der Waals surface area (Å²) in [7, 11) is 0. The van der Waals surface area contributed by atoms with Crippen molar-refractivity contribution in [2.45, 2.75) is 13.3 Å². The summed E-state index contributed by atoms with van der Waals surface area (Å²) in [6.07, 6.45) is 6.03. The standard InChI is InChI=1S/C15H15NO3/c1-11(17)16-8-3-2-4-12-5-6-15-13(10-12)14(18)7-9-19-15/h2,4-7,9-10H,3,8H2,1H3,(H,16,17). The van der Waals surface area contributed by atoms with Crippen LogP contribution in [0.3, 0.4) is 0 Å². The fourth-order valence-corrected chi connectivity index (χ4v) is 1.76. The molecule has 2 rings (SSSR count). The van der Waals surface area contributed by atoms with Crippen LogP contribution in [0.5, 0.6) is 0 Å². The van der Waals surface area contributed by atoms with Crippen molar-refractivity contribution in [3.05, 3.63) is 52.4 Å². The number of carbonyl (C=O) groups is 1. The predicted molar refractivity (Wildman–Crippen MR) is 74.8 cm³/mol. The maximum Gasteiger partial charge on any atom is 0.216 e. The first-order valence-corrected chi connectivity index (χ1v) is 6.09. The minimum absolute atomic E-state index is 0.0308. The largest absolute Gasteiger partial charge is 0.464 e. The molecule has 0 fully saturated rings. The molecule has 0 aliphatic carbocycles. The summed E-state index contributed by atoms with van der Waals surface area (Å²) in [4.78, 5) is 22.3. The van der Waals surface area contributed by atoms with Gasteiger partial charge in [-0.3, -0.25) is 9.59 Å². The third kappa shape index (κ3) is 3.55. The van der Waals surface area contributed by atoms with Gasteiger partial charge in [-0.15, -0.1) is 0 Å². The van der Waals surface area contributed by atoms with Gasteiger partial charge in [-0.05, 0) is 24.1 Å². The molecule has 1 aromatic carbocycles. The Bertz CT molecular complexity index is 670. The molecule has 1 N–H and O–H groups in total. The highest BCUT2D eigenvalue weighted by Crippen LogP contribution is 2.13. The van der Waals surface area contributed by atoms with Gasteiger partial charge in [0.1, 0.15) is 5.58 Å². The van der Waals surface area contributed by atoms with Crippen molar-refractivity contribution in [2.24, 2.45) is 0 Å². The molecule has 1 heterocycles. The second kappa shape index (κ2) is 6.00. The lowest BCUT2D eigenvalue weighted by atomic mass is 10.1. The van der Waals surface area contributed by atoms with Crippen molar-refractivity contribution in [1.82, 2.24) is 5.32 Å². The van der Waals surface area contributed by atoms with Crippen molar-refractivity contribution in [2.75, 3.05) is 6.54 Å². The predicted octanol–water partition coefficient (Wildman–Crippen LogP) is 2.33. The highest BCUT2D eigenvalue weighted by Gasteiger charge is 1.99. The lowest BCUT2D eigenvalue weighted by molar-refractivity contribution is -0.118. The molecule has 4 heteroatoms. The second-order valence-electron chi connectivity index (χ2n) is 4.21. The Morgan fingerprint density at radius 2 is 2.21 bits per heavy atom. The van der Waals surface area contributed by atoms with Crippen molar-refractivity contribution in [3.8, 4) is 0 Å². The van der Waals surface area contributed by atoms with E-state index in [2.05, 4.69) is 5.32 Å². The van der Waals surface area contributed by atoms with E-state index in [9.17, 15) is 9.59 Å². The summed E-state index contributed by atoms with van der Waals surface area (Å²) >= 11 is 0. The molecule has 0 saturated heterocycles. The Labute approximate surface area is 110 Å². The van der Waals surface area contributed by atoms with E-state index in [0.717, 1.165) is 12.0 Å². The number of benzene rings is 1. The van der Waals surface area contributed by atoms with Crippen LogP contribution in [0.1, 0.15) is 18.9 Å². The van der Waals surface area contributed by atoms with Gasteiger partial charge in [0, 0.05) is 19.5 Å². The smallest absolute Gasteiger partial charge is 0.216 e. The average Bonchev–Trinajstić information content (AvgIpc) is 2.39. The monoisotopic (exact) mass is 257 g/mol. The van der Waals surface area contributed by atoms with E-state index in [1.54, 1.807) is 12.1 Å². The molecule has 0 spiro atoms. The zero-order valence-corrected chi connectivity index (χ0v) is 10.7. The molecule has 2 aromatic rings. The number of carbonyl (C=O) groups excluding carboxylic acids is 1. The van der Waals surface area contributed by atoms with Crippen LogP contribution >= 0.6 is 0 Å². The summed E-state index contributed by atoms with van der Waals surface area (Å²) in [5.41, 5.74) is 1.48. The number of fused-ring (bicyclic) bond motifs is 1. The average molecular weight is 257 g/mol. The molecule has 1 aromatic heterocycles. The van der Waals surface area contributed by atoms with Gasteiger partial charge in [-0.1, -0.05) is 18.2 Å². The fourth-order valence-electron chi connectivity index (χ4n) is 1.76. The van der Waals surface area contributed by atoms with Gasteiger partial charge in [0.15, 0.2) is 5.43 Å². The Morgan fingerprint density at radius 3 is 3.00 bits per heavy atom. The molecule has 0 atom stereocenters. The zero-order chi connectivity index (χ0) is 13.7. The van der Waals surface area contributed by atoms with Gasteiger partial charge in [0.25, 0.3) is 0 Å². The maximum atomic E-state index is 11.7. The maximum absolute atomic E-state index is 11.7. The van der Waals surface area contributed by atoms with Gasteiger partial charge >= 0.3 is 0 Å². The van der Waals surface area contributed by atoms with Crippen LogP contribution in [0, 0.1) is 0 Å². The number of amides is 1. The normalized spacial score (nSPS) is 11.0. The highest BCUT2D eigenvalue weighted by atomic mass is 16.3. The van der Waals surface area contributed by atoms with E-state index in [-0.39, 0.29) is 11.3 Å². The summed E-state index contributed by atoms with van der Waals surface area (Å²) in [6, 6.07) is 6.88. The SMILES string of the molecule is CC(=O)NCCC=Cc1ccc2occc(=O)c2c1. The number of nitrogens with one attached hydrogen (secondary N) is 1.